The van der Waals surface area contributed by atoms with Gasteiger partial charge in [0.1, 0.15) is 17.5 Å². The van der Waals surface area contributed by atoms with E-state index in [1.165, 1.54) is 13.2 Å². The van der Waals surface area contributed by atoms with E-state index in [9.17, 15) is 8.42 Å². The molecule has 0 bridgehead atoms. The Labute approximate surface area is 107 Å². The van der Waals surface area contributed by atoms with Crippen LogP contribution in [0.1, 0.15) is 18.9 Å². The maximum Gasteiger partial charge on any atom is 0.299 e. The van der Waals surface area contributed by atoms with Gasteiger partial charge in [-0.3, -0.25) is 4.72 Å². The standard InChI is InChI=1S/C11H15N3O3S/c1-3-7-13-18(15,16)14-11-9(8-12)5-4-6-10(11)17-2/h4-6,13-14H,3,7H2,1-2H3. The van der Waals surface area contributed by atoms with E-state index in [0.717, 1.165) is 0 Å². The van der Waals surface area contributed by atoms with Gasteiger partial charge in [-0.15, -0.1) is 0 Å². The molecule has 7 heteroatoms. The highest BCUT2D eigenvalue weighted by Crippen LogP contribution is 2.28. The summed E-state index contributed by atoms with van der Waals surface area (Å²) in [6.45, 7) is 2.18. The highest BCUT2D eigenvalue weighted by molar-refractivity contribution is 7.90. The molecular weight excluding hydrogens is 254 g/mol. The Morgan fingerprint density at radius 3 is 2.72 bits per heavy atom. The summed E-state index contributed by atoms with van der Waals surface area (Å²) in [5.41, 5.74) is 0.349. The van der Waals surface area contributed by atoms with Crippen molar-refractivity contribution in [1.29, 1.82) is 5.26 Å². The molecule has 0 spiro atoms. The lowest BCUT2D eigenvalue weighted by Crippen LogP contribution is -2.31. The van der Waals surface area contributed by atoms with Crippen LogP contribution in [-0.2, 0) is 10.2 Å². The first-order chi connectivity index (χ1) is 8.54. The van der Waals surface area contributed by atoms with Gasteiger partial charge in [0.25, 0.3) is 10.2 Å². The number of nitrogens with zero attached hydrogens (tertiary/aromatic N) is 1. The van der Waals surface area contributed by atoms with Gasteiger partial charge in [0, 0.05) is 6.54 Å². The Balaban J connectivity index is 3.07. The molecule has 1 aromatic carbocycles. The van der Waals surface area contributed by atoms with Gasteiger partial charge >= 0.3 is 0 Å². The first-order valence-corrected chi connectivity index (χ1v) is 6.87. The average Bonchev–Trinajstić information content (AvgIpc) is 2.36. The summed E-state index contributed by atoms with van der Waals surface area (Å²) >= 11 is 0. The minimum absolute atomic E-state index is 0.145. The molecule has 18 heavy (non-hydrogen) atoms. The van der Waals surface area contributed by atoms with E-state index in [1.54, 1.807) is 12.1 Å². The molecule has 6 nitrogen and oxygen atoms in total. The van der Waals surface area contributed by atoms with Crippen LogP contribution in [0.15, 0.2) is 18.2 Å². The van der Waals surface area contributed by atoms with E-state index in [2.05, 4.69) is 9.44 Å². The molecule has 0 heterocycles. The van der Waals surface area contributed by atoms with Crippen LogP contribution in [-0.4, -0.2) is 22.1 Å². The van der Waals surface area contributed by atoms with E-state index in [4.69, 9.17) is 10.00 Å². The van der Waals surface area contributed by atoms with Gasteiger partial charge in [0.15, 0.2) is 0 Å². The van der Waals surface area contributed by atoms with Gasteiger partial charge < -0.3 is 4.74 Å². The number of benzene rings is 1. The summed E-state index contributed by atoms with van der Waals surface area (Å²) in [5.74, 6) is 0.302. The van der Waals surface area contributed by atoms with Crippen LogP contribution in [0.2, 0.25) is 0 Å². The van der Waals surface area contributed by atoms with Crippen LogP contribution in [0.3, 0.4) is 0 Å². The van der Waals surface area contributed by atoms with E-state index in [1.807, 2.05) is 13.0 Å². The lowest BCUT2D eigenvalue weighted by atomic mass is 10.2. The minimum Gasteiger partial charge on any atom is -0.495 e. The van der Waals surface area contributed by atoms with E-state index >= 15 is 0 Å². The topological polar surface area (TPSA) is 91.2 Å². The lowest BCUT2D eigenvalue weighted by Gasteiger charge is -2.13. The van der Waals surface area contributed by atoms with Gasteiger partial charge in [0.05, 0.1) is 12.7 Å². The molecule has 0 atom stereocenters. The van der Waals surface area contributed by atoms with Gasteiger partial charge in [-0.1, -0.05) is 13.0 Å². The molecule has 98 valence electrons. The van der Waals surface area contributed by atoms with Crippen LogP contribution in [0.5, 0.6) is 5.75 Å². The molecular formula is C11H15N3O3S. The number of hydrogen-bond donors (Lipinski definition) is 2. The zero-order chi connectivity index (χ0) is 13.6. The summed E-state index contributed by atoms with van der Waals surface area (Å²) in [4.78, 5) is 0. The summed E-state index contributed by atoms with van der Waals surface area (Å²) < 4.78 is 33.1. The van der Waals surface area contributed by atoms with Crippen LogP contribution >= 0.6 is 0 Å². The monoisotopic (exact) mass is 269 g/mol. The molecule has 0 aromatic heterocycles. The van der Waals surface area contributed by atoms with Gasteiger partial charge in [0.2, 0.25) is 0 Å². The van der Waals surface area contributed by atoms with Crippen molar-refractivity contribution >= 4 is 15.9 Å². The highest BCUT2D eigenvalue weighted by atomic mass is 32.2. The molecule has 2 N–H and O–H groups in total. The smallest absolute Gasteiger partial charge is 0.299 e. The van der Waals surface area contributed by atoms with Crippen molar-refractivity contribution in [1.82, 2.24) is 4.72 Å². The Kier molecular flexibility index (Phi) is 4.95. The maximum absolute atomic E-state index is 11.7. The summed E-state index contributed by atoms with van der Waals surface area (Å²) in [6, 6.07) is 6.63. The summed E-state index contributed by atoms with van der Waals surface area (Å²) in [6.07, 6.45) is 0.679. The maximum atomic E-state index is 11.7. The van der Waals surface area contributed by atoms with Crippen molar-refractivity contribution in [3.8, 4) is 11.8 Å². The highest BCUT2D eigenvalue weighted by Gasteiger charge is 2.15. The molecule has 0 saturated heterocycles. The third kappa shape index (κ3) is 3.61. The van der Waals surface area contributed by atoms with Gasteiger partial charge in [-0.2, -0.15) is 18.4 Å². The Morgan fingerprint density at radius 1 is 1.44 bits per heavy atom. The number of ether oxygens (including phenoxy) is 1. The van der Waals surface area contributed by atoms with Gasteiger partial charge in [-0.05, 0) is 18.6 Å². The van der Waals surface area contributed by atoms with E-state index in [-0.39, 0.29) is 11.3 Å². The van der Waals surface area contributed by atoms with Crippen LogP contribution in [0, 0.1) is 11.3 Å². The first-order valence-electron chi connectivity index (χ1n) is 5.38. The predicted molar refractivity (Wildman–Crippen MR) is 68.5 cm³/mol. The molecule has 1 aromatic rings. The zero-order valence-corrected chi connectivity index (χ0v) is 11.0. The van der Waals surface area contributed by atoms with Gasteiger partial charge in [-0.25, -0.2) is 0 Å². The fourth-order valence-electron chi connectivity index (χ4n) is 1.31. The SMILES string of the molecule is CCCNS(=O)(=O)Nc1c(C#N)cccc1OC. The Morgan fingerprint density at radius 2 is 2.17 bits per heavy atom. The van der Waals surface area contributed by atoms with Crippen molar-refractivity contribution in [3.05, 3.63) is 23.8 Å². The second kappa shape index (κ2) is 6.23. The Hall–Kier alpha value is -1.78. The third-order valence-electron chi connectivity index (χ3n) is 2.15. The van der Waals surface area contributed by atoms with Crippen molar-refractivity contribution in [2.75, 3.05) is 18.4 Å². The third-order valence-corrected chi connectivity index (χ3v) is 3.20. The second-order valence-corrected chi connectivity index (χ2v) is 4.99. The van der Waals surface area contributed by atoms with Crippen molar-refractivity contribution in [2.45, 2.75) is 13.3 Å². The van der Waals surface area contributed by atoms with Crippen molar-refractivity contribution in [3.63, 3.8) is 0 Å². The van der Waals surface area contributed by atoms with Crippen molar-refractivity contribution < 1.29 is 13.2 Å². The Bertz CT molecular complexity index is 549. The fourth-order valence-corrected chi connectivity index (χ4v) is 2.33. The molecule has 0 saturated carbocycles. The number of para-hydroxylation sites is 1. The molecule has 0 radical (unpaired) electrons. The normalized spacial score (nSPS) is 10.7. The number of anilines is 1. The number of hydrogen-bond acceptors (Lipinski definition) is 4. The number of methoxy groups -OCH3 is 1. The average molecular weight is 269 g/mol. The fraction of sp³-hybridized carbons (Fsp3) is 0.364. The number of nitrogens with one attached hydrogen (secondary N) is 2. The largest absolute Gasteiger partial charge is 0.495 e. The molecule has 0 aliphatic heterocycles. The second-order valence-electron chi connectivity index (χ2n) is 3.49. The minimum atomic E-state index is -3.69. The van der Waals surface area contributed by atoms with Crippen LogP contribution in [0.4, 0.5) is 5.69 Å². The summed E-state index contributed by atoms with van der Waals surface area (Å²) in [5, 5.41) is 8.95. The quantitative estimate of drug-likeness (QED) is 0.812. The molecule has 0 fully saturated rings. The zero-order valence-electron chi connectivity index (χ0n) is 10.2. The van der Waals surface area contributed by atoms with E-state index < -0.39 is 10.2 Å². The number of rotatable bonds is 6. The first kappa shape index (κ1) is 14.3. The lowest BCUT2D eigenvalue weighted by molar-refractivity contribution is 0.416. The molecule has 0 amide bonds. The van der Waals surface area contributed by atoms with Crippen LogP contribution in [0.25, 0.3) is 0 Å². The van der Waals surface area contributed by atoms with Crippen molar-refractivity contribution in [2.24, 2.45) is 0 Å². The molecule has 0 aliphatic carbocycles. The molecule has 0 unspecified atom stereocenters. The predicted octanol–water partition coefficient (Wildman–Crippen LogP) is 1.22. The summed E-state index contributed by atoms with van der Waals surface area (Å²) in [7, 11) is -2.28. The van der Waals surface area contributed by atoms with Crippen LogP contribution < -0.4 is 14.2 Å². The van der Waals surface area contributed by atoms with E-state index in [0.29, 0.717) is 18.7 Å². The number of nitriles is 1. The molecule has 1 rings (SSSR count). The molecule has 0 aliphatic rings.